The molecule has 0 bridgehead atoms. The van der Waals surface area contributed by atoms with Gasteiger partial charge in [-0.05, 0) is 25.0 Å². The highest BCUT2D eigenvalue weighted by atomic mass is 79.9. The van der Waals surface area contributed by atoms with Gasteiger partial charge >= 0.3 is 0 Å². The van der Waals surface area contributed by atoms with Gasteiger partial charge in [-0.25, -0.2) is 13.1 Å². The largest absolute Gasteiger partial charge is 0.261 e. The number of alkyl halides is 1. The number of nitrogens with zero attached hydrogens (tertiary/aromatic N) is 1. The van der Waals surface area contributed by atoms with Gasteiger partial charge in [-0.15, -0.1) is 0 Å². The molecular weight excluding hydrogens is 316 g/mol. The van der Waals surface area contributed by atoms with Gasteiger partial charge in [0.25, 0.3) is 0 Å². The molecule has 1 N–H and O–H groups in total. The van der Waals surface area contributed by atoms with Crippen molar-refractivity contribution < 1.29 is 8.42 Å². The summed E-state index contributed by atoms with van der Waals surface area (Å²) in [5.41, 5.74) is 0.802. The number of pyridine rings is 1. The average Bonchev–Trinajstić information content (AvgIpc) is 2.37. The molecule has 0 aliphatic heterocycles. The summed E-state index contributed by atoms with van der Waals surface area (Å²) >= 11 is 3.33. The van der Waals surface area contributed by atoms with Crippen LogP contribution in [0.5, 0.6) is 0 Å². The molecule has 1 aromatic rings. The number of halogens is 1. The Labute approximate surface area is 117 Å². The highest BCUT2D eigenvalue weighted by Gasteiger charge is 2.16. The zero-order valence-electron chi connectivity index (χ0n) is 10.5. The van der Waals surface area contributed by atoms with E-state index in [-0.39, 0.29) is 11.8 Å². The zero-order valence-corrected chi connectivity index (χ0v) is 12.9. The van der Waals surface area contributed by atoms with Crippen LogP contribution in [-0.4, -0.2) is 30.5 Å². The molecule has 1 aromatic heterocycles. The van der Waals surface area contributed by atoms with Crippen molar-refractivity contribution in [3.8, 4) is 0 Å². The van der Waals surface area contributed by atoms with Gasteiger partial charge in [0.2, 0.25) is 10.0 Å². The van der Waals surface area contributed by atoms with Crippen LogP contribution in [0.15, 0.2) is 24.4 Å². The highest BCUT2D eigenvalue weighted by Crippen LogP contribution is 2.04. The first kappa shape index (κ1) is 15.6. The molecule has 6 heteroatoms. The minimum Gasteiger partial charge on any atom is -0.261 e. The van der Waals surface area contributed by atoms with E-state index in [4.69, 9.17) is 0 Å². The maximum Gasteiger partial charge on any atom is 0.212 e. The van der Waals surface area contributed by atoms with Crippen LogP contribution in [0.1, 0.15) is 25.5 Å². The molecule has 1 rings (SSSR count). The van der Waals surface area contributed by atoms with E-state index in [1.807, 2.05) is 25.1 Å². The van der Waals surface area contributed by atoms with Crippen molar-refractivity contribution in [2.45, 2.75) is 32.2 Å². The Hall–Kier alpha value is -0.460. The van der Waals surface area contributed by atoms with Crippen molar-refractivity contribution in [3.05, 3.63) is 30.1 Å². The van der Waals surface area contributed by atoms with Crippen molar-refractivity contribution in [2.75, 3.05) is 11.1 Å². The topological polar surface area (TPSA) is 59.1 Å². The Morgan fingerprint density at radius 2 is 2.22 bits per heavy atom. The molecule has 0 amide bonds. The molecule has 0 spiro atoms. The lowest BCUT2D eigenvalue weighted by Crippen LogP contribution is -2.36. The van der Waals surface area contributed by atoms with Crippen LogP contribution in [0.3, 0.4) is 0 Å². The highest BCUT2D eigenvalue weighted by molar-refractivity contribution is 9.09. The van der Waals surface area contributed by atoms with Gasteiger partial charge in [0.1, 0.15) is 0 Å². The van der Waals surface area contributed by atoms with Gasteiger partial charge < -0.3 is 0 Å². The summed E-state index contributed by atoms with van der Waals surface area (Å²) in [7, 11) is -3.22. The first-order valence-corrected chi connectivity index (χ1v) is 8.80. The Kier molecular flexibility index (Phi) is 6.81. The minimum absolute atomic E-state index is 0.0121. The van der Waals surface area contributed by atoms with Crippen LogP contribution in [0, 0.1) is 0 Å². The lowest BCUT2D eigenvalue weighted by atomic mass is 10.2. The fraction of sp³-hybridized carbons (Fsp3) is 0.583. The van der Waals surface area contributed by atoms with Gasteiger partial charge in [-0.2, -0.15) is 0 Å². The lowest BCUT2D eigenvalue weighted by molar-refractivity contribution is 0.532. The van der Waals surface area contributed by atoms with Crippen LogP contribution in [-0.2, 0) is 16.4 Å². The molecule has 18 heavy (non-hydrogen) atoms. The summed E-state index contributed by atoms with van der Waals surface area (Å²) < 4.78 is 26.5. The van der Waals surface area contributed by atoms with Gasteiger partial charge in [-0.3, -0.25) is 4.98 Å². The lowest BCUT2D eigenvalue weighted by Gasteiger charge is -2.15. The molecule has 1 atom stereocenters. The first-order chi connectivity index (χ1) is 8.57. The standard InChI is InChI=1S/C12H19BrN2O2S/c1-2-11(6-8-13)15-18(16,17)10-7-12-5-3-4-9-14-12/h3-5,9,11,15H,2,6-8,10H2,1H3. The second-order valence-corrected chi connectivity index (χ2v) is 6.76. The van der Waals surface area contributed by atoms with Crippen molar-refractivity contribution in [1.29, 1.82) is 0 Å². The Morgan fingerprint density at radius 1 is 1.44 bits per heavy atom. The third-order valence-corrected chi connectivity index (χ3v) is 4.54. The number of sulfonamides is 1. The smallest absolute Gasteiger partial charge is 0.212 e. The maximum atomic E-state index is 11.9. The average molecular weight is 335 g/mol. The summed E-state index contributed by atoms with van der Waals surface area (Å²) in [6.45, 7) is 1.98. The minimum atomic E-state index is -3.22. The van der Waals surface area contributed by atoms with Crippen molar-refractivity contribution in [3.63, 3.8) is 0 Å². The number of aryl methyl sites for hydroxylation is 1. The van der Waals surface area contributed by atoms with Crippen LogP contribution in [0.4, 0.5) is 0 Å². The summed E-state index contributed by atoms with van der Waals surface area (Å²) in [6.07, 6.45) is 3.73. The molecule has 4 nitrogen and oxygen atoms in total. The van der Waals surface area contributed by atoms with Crippen LogP contribution < -0.4 is 4.72 Å². The Balaban J connectivity index is 2.49. The van der Waals surface area contributed by atoms with E-state index in [1.165, 1.54) is 0 Å². The van der Waals surface area contributed by atoms with E-state index in [0.29, 0.717) is 6.42 Å². The maximum absolute atomic E-state index is 11.9. The van der Waals surface area contributed by atoms with E-state index in [9.17, 15) is 8.42 Å². The molecule has 0 saturated heterocycles. The quantitative estimate of drug-likeness (QED) is 0.740. The monoisotopic (exact) mass is 334 g/mol. The zero-order chi connectivity index (χ0) is 13.4. The van der Waals surface area contributed by atoms with Crippen molar-refractivity contribution in [2.24, 2.45) is 0 Å². The van der Waals surface area contributed by atoms with Crippen molar-refractivity contribution >= 4 is 26.0 Å². The summed E-state index contributed by atoms with van der Waals surface area (Å²) in [6, 6.07) is 5.53. The van der Waals surface area contributed by atoms with Crippen LogP contribution in [0.25, 0.3) is 0 Å². The van der Waals surface area contributed by atoms with Gasteiger partial charge in [-0.1, -0.05) is 28.9 Å². The fourth-order valence-electron chi connectivity index (χ4n) is 1.58. The molecule has 0 saturated carbocycles. The summed E-state index contributed by atoms with van der Waals surface area (Å²) in [4.78, 5) is 4.12. The molecule has 1 unspecified atom stereocenters. The van der Waals surface area contributed by atoms with E-state index in [1.54, 1.807) is 6.20 Å². The molecule has 0 fully saturated rings. The third kappa shape index (κ3) is 5.93. The summed E-state index contributed by atoms with van der Waals surface area (Å²) in [5.74, 6) is 0.0861. The predicted octanol–water partition coefficient (Wildman–Crippen LogP) is 2.11. The SMILES string of the molecule is CCC(CCBr)NS(=O)(=O)CCc1ccccn1. The van der Waals surface area contributed by atoms with Crippen molar-refractivity contribution in [1.82, 2.24) is 9.71 Å². The van der Waals surface area contributed by atoms with Gasteiger partial charge in [0.15, 0.2) is 0 Å². The van der Waals surface area contributed by atoms with E-state index in [2.05, 4.69) is 25.6 Å². The third-order valence-electron chi connectivity index (χ3n) is 2.65. The fourth-order valence-corrected chi connectivity index (χ4v) is 3.52. The van der Waals surface area contributed by atoms with Gasteiger partial charge in [0, 0.05) is 29.7 Å². The number of nitrogens with one attached hydrogen (secondary N) is 1. The summed E-state index contributed by atoms with van der Waals surface area (Å²) in [5, 5.41) is 0.800. The van der Waals surface area contributed by atoms with Crippen LogP contribution in [0.2, 0.25) is 0 Å². The number of hydrogen-bond donors (Lipinski definition) is 1. The molecule has 0 aromatic carbocycles. The normalized spacial score (nSPS) is 13.4. The van der Waals surface area contributed by atoms with Crippen LogP contribution >= 0.6 is 15.9 Å². The number of aromatic nitrogens is 1. The molecule has 0 radical (unpaired) electrons. The van der Waals surface area contributed by atoms with Gasteiger partial charge in [0.05, 0.1) is 5.75 Å². The molecule has 1 heterocycles. The first-order valence-electron chi connectivity index (χ1n) is 6.03. The number of rotatable bonds is 8. The molecule has 0 aliphatic rings. The Bertz CT molecular complexity index is 437. The van der Waals surface area contributed by atoms with E-state index < -0.39 is 10.0 Å². The van der Waals surface area contributed by atoms with E-state index in [0.717, 1.165) is 23.9 Å². The second-order valence-electron chi connectivity index (χ2n) is 4.09. The molecular formula is C12H19BrN2O2S. The second kappa shape index (κ2) is 7.86. The Morgan fingerprint density at radius 3 is 2.78 bits per heavy atom. The van der Waals surface area contributed by atoms with E-state index >= 15 is 0 Å². The number of hydrogen-bond acceptors (Lipinski definition) is 3. The molecule has 0 aliphatic carbocycles. The predicted molar refractivity (Wildman–Crippen MR) is 77.4 cm³/mol. The molecule has 102 valence electrons.